The smallest absolute Gasteiger partial charge is 0.248 e. The van der Waals surface area contributed by atoms with Crippen molar-refractivity contribution in [2.24, 2.45) is 10.7 Å². The van der Waals surface area contributed by atoms with Crippen LogP contribution in [0.3, 0.4) is 0 Å². The van der Waals surface area contributed by atoms with Gasteiger partial charge in [0.25, 0.3) is 0 Å². The maximum atomic E-state index is 11.2. The molecule has 1 aromatic carbocycles. The van der Waals surface area contributed by atoms with E-state index in [2.05, 4.69) is 45.0 Å². The molecule has 2 heterocycles. The Morgan fingerprint density at radius 3 is 2.59 bits per heavy atom. The Labute approximate surface area is 164 Å². The first-order valence-corrected chi connectivity index (χ1v) is 10.3. The van der Waals surface area contributed by atoms with E-state index in [0.717, 1.165) is 44.0 Å². The minimum absolute atomic E-state index is 0.408. The van der Waals surface area contributed by atoms with Crippen molar-refractivity contribution in [1.82, 2.24) is 10.6 Å². The summed E-state index contributed by atoms with van der Waals surface area (Å²) in [6.07, 6.45) is 2.19. The van der Waals surface area contributed by atoms with E-state index in [1.807, 2.05) is 12.1 Å². The van der Waals surface area contributed by atoms with Gasteiger partial charge in [-0.1, -0.05) is 12.1 Å². The highest BCUT2D eigenvalue weighted by Gasteiger charge is 2.20. The van der Waals surface area contributed by atoms with Gasteiger partial charge in [-0.25, -0.2) is 4.99 Å². The number of thiophene rings is 1. The fraction of sp³-hybridized carbons (Fsp3) is 0.400. The van der Waals surface area contributed by atoms with Crippen LogP contribution in [0.25, 0.3) is 0 Å². The second-order valence-corrected chi connectivity index (χ2v) is 7.54. The molecular formula is C20H27N5OS. The summed E-state index contributed by atoms with van der Waals surface area (Å²) in [7, 11) is 0. The van der Waals surface area contributed by atoms with Gasteiger partial charge in [-0.2, -0.15) is 0 Å². The maximum Gasteiger partial charge on any atom is 0.248 e. The molecule has 0 unspecified atom stereocenters. The lowest BCUT2D eigenvalue weighted by molar-refractivity contribution is 0.100. The molecular weight excluding hydrogens is 358 g/mol. The highest BCUT2D eigenvalue weighted by atomic mass is 32.1. The molecule has 1 aromatic heterocycles. The third-order valence-corrected chi connectivity index (χ3v) is 5.59. The summed E-state index contributed by atoms with van der Waals surface area (Å²) < 4.78 is 0. The monoisotopic (exact) mass is 385 g/mol. The molecule has 1 saturated heterocycles. The molecule has 0 radical (unpaired) electrons. The van der Waals surface area contributed by atoms with Crippen molar-refractivity contribution in [1.29, 1.82) is 0 Å². The summed E-state index contributed by atoms with van der Waals surface area (Å²) in [6.45, 7) is 5.57. The predicted molar refractivity (Wildman–Crippen MR) is 112 cm³/mol. The second-order valence-electron chi connectivity index (χ2n) is 6.61. The molecule has 144 valence electrons. The molecule has 0 atom stereocenters. The number of hydrogen-bond donors (Lipinski definition) is 3. The van der Waals surface area contributed by atoms with Crippen molar-refractivity contribution in [2.75, 3.05) is 24.5 Å². The Bertz CT molecular complexity index is 749. The normalized spacial score (nSPS) is 15.6. The van der Waals surface area contributed by atoms with Crippen LogP contribution in [0.5, 0.6) is 0 Å². The summed E-state index contributed by atoms with van der Waals surface area (Å²) in [4.78, 5) is 18.3. The number of nitrogens with one attached hydrogen (secondary N) is 2. The van der Waals surface area contributed by atoms with Crippen LogP contribution in [0.4, 0.5) is 5.00 Å². The summed E-state index contributed by atoms with van der Waals surface area (Å²) in [5.41, 5.74) is 6.85. The zero-order chi connectivity index (χ0) is 19.1. The average Bonchev–Trinajstić information content (AvgIpc) is 3.22. The van der Waals surface area contributed by atoms with Gasteiger partial charge in [0.1, 0.15) is 0 Å². The van der Waals surface area contributed by atoms with Crippen molar-refractivity contribution >= 4 is 28.2 Å². The summed E-state index contributed by atoms with van der Waals surface area (Å²) >= 11 is 1.80. The number of benzene rings is 1. The van der Waals surface area contributed by atoms with Crippen molar-refractivity contribution in [2.45, 2.75) is 32.4 Å². The van der Waals surface area contributed by atoms with Crippen LogP contribution in [0.2, 0.25) is 0 Å². The molecule has 0 spiro atoms. The highest BCUT2D eigenvalue weighted by molar-refractivity contribution is 7.14. The fourth-order valence-corrected chi connectivity index (χ4v) is 3.94. The van der Waals surface area contributed by atoms with Crippen LogP contribution < -0.4 is 21.3 Å². The maximum absolute atomic E-state index is 11.2. The number of rotatable bonds is 6. The molecule has 0 saturated carbocycles. The van der Waals surface area contributed by atoms with Crippen LogP contribution in [-0.4, -0.2) is 37.5 Å². The van der Waals surface area contributed by atoms with Crippen LogP contribution in [0.1, 0.15) is 35.7 Å². The number of piperidine rings is 1. The molecule has 1 fully saturated rings. The van der Waals surface area contributed by atoms with E-state index in [9.17, 15) is 4.79 Å². The number of amides is 1. The average molecular weight is 386 g/mol. The summed E-state index contributed by atoms with van der Waals surface area (Å²) in [5.74, 6) is 0.431. The van der Waals surface area contributed by atoms with Gasteiger partial charge in [0.05, 0.1) is 11.5 Å². The summed E-state index contributed by atoms with van der Waals surface area (Å²) in [6, 6.07) is 12.0. The molecule has 4 N–H and O–H groups in total. The summed E-state index contributed by atoms with van der Waals surface area (Å²) in [5, 5.41) is 10.4. The first kappa shape index (κ1) is 19.2. The Morgan fingerprint density at radius 2 is 2.00 bits per heavy atom. The number of anilines is 1. The van der Waals surface area contributed by atoms with Crippen molar-refractivity contribution in [3.63, 3.8) is 0 Å². The lowest BCUT2D eigenvalue weighted by Gasteiger charge is -2.33. The predicted octanol–water partition coefficient (Wildman–Crippen LogP) is 2.57. The molecule has 0 aliphatic carbocycles. The van der Waals surface area contributed by atoms with Crippen LogP contribution in [0, 0.1) is 0 Å². The topological polar surface area (TPSA) is 82.7 Å². The number of aliphatic imine (C=N–C) groups is 1. The van der Waals surface area contributed by atoms with Crippen molar-refractivity contribution < 1.29 is 4.79 Å². The van der Waals surface area contributed by atoms with Gasteiger partial charge in [0.2, 0.25) is 5.91 Å². The lowest BCUT2D eigenvalue weighted by atomic mass is 10.1. The molecule has 27 heavy (non-hydrogen) atoms. The van der Waals surface area contributed by atoms with Gasteiger partial charge in [-0.3, -0.25) is 4.79 Å². The third-order valence-electron chi connectivity index (χ3n) is 4.66. The molecule has 2 aromatic rings. The zero-order valence-corrected chi connectivity index (χ0v) is 16.5. The van der Waals surface area contributed by atoms with Gasteiger partial charge in [-0.05, 0) is 55.0 Å². The van der Waals surface area contributed by atoms with Crippen molar-refractivity contribution in [3.05, 3.63) is 52.9 Å². The van der Waals surface area contributed by atoms with Gasteiger partial charge in [0, 0.05) is 31.2 Å². The molecule has 3 rings (SSSR count). The molecule has 1 aliphatic heterocycles. The minimum Gasteiger partial charge on any atom is -0.366 e. The van der Waals surface area contributed by atoms with Gasteiger partial charge in [-0.15, -0.1) is 11.3 Å². The largest absolute Gasteiger partial charge is 0.366 e. The van der Waals surface area contributed by atoms with E-state index in [-0.39, 0.29) is 0 Å². The minimum atomic E-state index is -0.408. The molecule has 6 nitrogen and oxygen atoms in total. The molecule has 7 heteroatoms. The number of carbonyl (C=O) groups is 1. The van der Waals surface area contributed by atoms with E-state index < -0.39 is 5.91 Å². The van der Waals surface area contributed by atoms with Crippen LogP contribution in [0.15, 0.2) is 46.8 Å². The Kier molecular flexibility index (Phi) is 6.70. The molecule has 1 aliphatic rings. The first-order chi connectivity index (χ1) is 13.2. The Hall–Kier alpha value is -2.54. The number of nitrogens with two attached hydrogens (primary N) is 1. The van der Waals surface area contributed by atoms with Gasteiger partial charge in [0.15, 0.2) is 5.96 Å². The molecule has 1 amide bonds. The van der Waals surface area contributed by atoms with Crippen LogP contribution >= 0.6 is 11.3 Å². The lowest BCUT2D eigenvalue weighted by Crippen LogP contribution is -2.48. The van der Waals surface area contributed by atoms with E-state index in [0.29, 0.717) is 18.2 Å². The Balaban J connectivity index is 1.54. The van der Waals surface area contributed by atoms with Crippen LogP contribution in [-0.2, 0) is 6.54 Å². The second kappa shape index (κ2) is 9.41. The quantitative estimate of drug-likeness (QED) is 0.527. The standard InChI is InChI=1S/C20H27N5OS/c1-2-22-20(23-14-15-5-7-16(8-6-15)19(21)26)24-17-9-11-25(12-10-17)18-4-3-13-27-18/h3-8,13,17H,2,9-12,14H2,1H3,(H2,21,26)(H2,22,23,24). The number of nitrogens with zero attached hydrogens (tertiary/aromatic N) is 2. The van der Waals surface area contributed by atoms with Gasteiger partial charge >= 0.3 is 0 Å². The van der Waals surface area contributed by atoms with Crippen molar-refractivity contribution in [3.8, 4) is 0 Å². The fourth-order valence-electron chi connectivity index (χ4n) is 3.15. The zero-order valence-electron chi connectivity index (χ0n) is 15.6. The van der Waals surface area contributed by atoms with Gasteiger partial charge < -0.3 is 21.3 Å². The number of hydrogen-bond acceptors (Lipinski definition) is 4. The number of carbonyl (C=O) groups excluding carboxylic acids is 1. The molecule has 0 bridgehead atoms. The SMILES string of the molecule is CCNC(=NCc1ccc(C(N)=O)cc1)NC1CCN(c2cccs2)CC1. The highest BCUT2D eigenvalue weighted by Crippen LogP contribution is 2.24. The number of primary amides is 1. The van der Waals surface area contributed by atoms with E-state index in [1.54, 1.807) is 23.5 Å². The van der Waals surface area contributed by atoms with E-state index in [1.165, 1.54) is 5.00 Å². The Morgan fingerprint density at radius 1 is 1.26 bits per heavy atom. The van der Waals surface area contributed by atoms with E-state index in [4.69, 9.17) is 5.73 Å². The number of guanidine groups is 1. The first-order valence-electron chi connectivity index (χ1n) is 9.37. The third kappa shape index (κ3) is 5.47. The van der Waals surface area contributed by atoms with E-state index >= 15 is 0 Å².